The molecule has 2 rings (SSSR count). The zero-order valence-corrected chi connectivity index (χ0v) is 16.6. The molecule has 0 unspecified atom stereocenters. The van der Waals surface area contributed by atoms with Gasteiger partial charge in [-0.15, -0.1) is 0 Å². The number of anilines is 1. The van der Waals surface area contributed by atoms with Gasteiger partial charge in [0.15, 0.2) is 11.6 Å². The predicted molar refractivity (Wildman–Crippen MR) is 101 cm³/mol. The monoisotopic (exact) mass is 416 g/mol. The highest BCUT2D eigenvalue weighted by atomic mass is 35.5. The molecule has 0 aliphatic rings. The third kappa shape index (κ3) is 4.28. The molecule has 0 radical (unpaired) electrons. The Hall–Kier alpha value is -2.03. The summed E-state index contributed by atoms with van der Waals surface area (Å²) in [5.74, 6) is -2.79. The van der Waals surface area contributed by atoms with E-state index in [0.29, 0.717) is 0 Å². The van der Waals surface area contributed by atoms with Crippen molar-refractivity contribution in [2.45, 2.75) is 18.7 Å². The van der Waals surface area contributed by atoms with E-state index in [1.54, 1.807) is 13.8 Å². The molecule has 5 nitrogen and oxygen atoms in total. The number of carbonyl (C=O) groups excluding carboxylic acids is 1. The quantitative estimate of drug-likeness (QED) is 0.717. The standard InChI is InChI=1S/C18H19ClF2N2O3S/c1-4-23(5-2)27(25,26)13-7-8-15(19)14(11-13)18(24)22(3)12-6-9-16(20)17(21)10-12/h6-11H,4-5H2,1-3H3. The summed E-state index contributed by atoms with van der Waals surface area (Å²) >= 11 is 6.09. The molecule has 0 aliphatic carbocycles. The van der Waals surface area contributed by atoms with Crippen LogP contribution in [-0.2, 0) is 10.0 Å². The number of rotatable bonds is 6. The highest BCUT2D eigenvalue weighted by Crippen LogP contribution is 2.26. The van der Waals surface area contributed by atoms with Crippen molar-refractivity contribution in [1.82, 2.24) is 4.31 Å². The van der Waals surface area contributed by atoms with Gasteiger partial charge in [-0.1, -0.05) is 25.4 Å². The van der Waals surface area contributed by atoms with E-state index in [0.717, 1.165) is 17.0 Å². The highest BCUT2D eigenvalue weighted by molar-refractivity contribution is 7.89. The first kappa shape index (κ1) is 21.3. The van der Waals surface area contributed by atoms with Crippen molar-refractivity contribution in [2.24, 2.45) is 0 Å². The fraction of sp³-hybridized carbons (Fsp3) is 0.278. The molecule has 0 aliphatic heterocycles. The van der Waals surface area contributed by atoms with Gasteiger partial charge in [0.2, 0.25) is 10.0 Å². The van der Waals surface area contributed by atoms with Crippen molar-refractivity contribution in [3.63, 3.8) is 0 Å². The molecule has 0 aromatic heterocycles. The lowest BCUT2D eigenvalue weighted by molar-refractivity contribution is 0.0993. The summed E-state index contributed by atoms with van der Waals surface area (Å²) in [6.07, 6.45) is 0. The van der Waals surface area contributed by atoms with Crippen molar-refractivity contribution >= 4 is 33.2 Å². The molecule has 146 valence electrons. The van der Waals surface area contributed by atoms with Crippen LogP contribution in [0.5, 0.6) is 0 Å². The molecule has 9 heteroatoms. The Kier molecular flexibility index (Phi) is 6.56. The first-order valence-electron chi connectivity index (χ1n) is 8.16. The van der Waals surface area contributed by atoms with Gasteiger partial charge in [0.1, 0.15) is 0 Å². The molecule has 0 atom stereocenters. The molecule has 27 heavy (non-hydrogen) atoms. The Morgan fingerprint density at radius 1 is 1.04 bits per heavy atom. The topological polar surface area (TPSA) is 57.7 Å². The SMILES string of the molecule is CCN(CC)S(=O)(=O)c1ccc(Cl)c(C(=O)N(C)c2ccc(F)c(F)c2)c1. The summed E-state index contributed by atoms with van der Waals surface area (Å²) in [6, 6.07) is 6.85. The summed E-state index contributed by atoms with van der Waals surface area (Å²) in [6.45, 7) is 3.97. The zero-order valence-electron chi connectivity index (χ0n) is 15.0. The van der Waals surface area contributed by atoms with Crippen LogP contribution in [0.1, 0.15) is 24.2 Å². The van der Waals surface area contributed by atoms with Crippen molar-refractivity contribution in [1.29, 1.82) is 0 Å². The third-order valence-electron chi connectivity index (χ3n) is 4.11. The Labute approximate surface area is 162 Å². The fourth-order valence-electron chi connectivity index (χ4n) is 2.53. The number of hydrogen-bond acceptors (Lipinski definition) is 3. The minimum absolute atomic E-state index is 0.0490. The Bertz CT molecular complexity index is 963. The normalized spacial score (nSPS) is 11.7. The van der Waals surface area contributed by atoms with Crippen molar-refractivity contribution in [3.8, 4) is 0 Å². The average molecular weight is 417 g/mol. The average Bonchev–Trinajstić information content (AvgIpc) is 2.63. The van der Waals surface area contributed by atoms with Crippen LogP contribution in [0.4, 0.5) is 14.5 Å². The van der Waals surface area contributed by atoms with E-state index >= 15 is 0 Å². The molecular weight excluding hydrogens is 398 g/mol. The van der Waals surface area contributed by atoms with Gasteiger partial charge in [-0.2, -0.15) is 4.31 Å². The largest absolute Gasteiger partial charge is 0.311 e. The number of nitrogens with zero attached hydrogens (tertiary/aromatic N) is 2. The maximum Gasteiger partial charge on any atom is 0.259 e. The van der Waals surface area contributed by atoms with Crippen LogP contribution in [0.3, 0.4) is 0 Å². The van der Waals surface area contributed by atoms with Gasteiger partial charge in [-0.05, 0) is 30.3 Å². The van der Waals surface area contributed by atoms with Crippen molar-refractivity contribution in [3.05, 3.63) is 58.6 Å². The van der Waals surface area contributed by atoms with Crippen LogP contribution in [0.15, 0.2) is 41.3 Å². The molecule has 0 saturated heterocycles. The van der Waals surface area contributed by atoms with Gasteiger partial charge in [-0.3, -0.25) is 4.79 Å². The fourth-order valence-corrected chi connectivity index (χ4v) is 4.22. The van der Waals surface area contributed by atoms with E-state index in [2.05, 4.69) is 0 Å². The van der Waals surface area contributed by atoms with Crippen LogP contribution in [0.25, 0.3) is 0 Å². The van der Waals surface area contributed by atoms with Crippen LogP contribution in [-0.4, -0.2) is 38.8 Å². The van der Waals surface area contributed by atoms with Crippen molar-refractivity contribution < 1.29 is 22.0 Å². The lowest BCUT2D eigenvalue weighted by Gasteiger charge is -2.21. The number of hydrogen-bond donors (Lipinski definition) is 0. The van der Waals surface area contributed by atoms with Gasteiger partial charge < -0.3 is 4.90 Å². The van der Waals surface area contributed by atoms with E-state index in [1.807, 2.05) is 0 Å². The molecule has 2 aromatic carbocycles. The number of sulfonamides is 1. The molecule has 0 heterocycles. The lowest BCUT2D eigenvalue weighted by Crippen LogP contribution is -2.31. The molecule has 0 saturated carbocycles. The zero-order chi connectivity index (χ0) is 20.4. The Balaban J connectivity index is 2.46. The Morgan fingerprint density at radius 3 is 2.22 bits per heavy atom. The van der Waals surface area contributed by atoms with E-state index < -0.39 is 27.6 Å². The molecule has 1 amide bonds. The second-order valence-corrected chi connectivity index (χ2v) is 8.04. The van der Waals surface area contributed by atoms with E-state index in [9.17, 15) is 22.0 Å². The predicted octanol–water partition coefficient (Wildman–Crippen LogP) is 3.93. The summed E-state index contributed by atoms with van der Waals surface area (Å²) in [5, 5.41) is 0.0490. The summed E-state index contributed by atoms with van der Waals surface area (Å²) < 4.78 is 53.1. The van der Waals surface area contributed by atoms with E-state index in [4.69, 9.17) is 11.6 Å². The molecule has 0 bridgehead atoms. The van der Waals surface area contributed by atoms with E-state index in [1.165, 1.54) is 35.6 Å². The number of amides is 1. The maximum atomic E-state index is 13.4. The van der Waals surface area contributed by atoms with Crippen LogP contribution in [0.2, 0.25) is 5.02 Å². The molecule has 0 fully saturated rings. The minimum atomic E-state index is -3.78. The number of benzene rings is 2. The second kappa shape index (κ2) is 8.33. The van der Waals surface area contributed by atoms with E-state index in [-0.39, 0.29) is 34.3 Å². The number of carbonyl (C=O) groups is 1. The molecular formula is C18H19ClF2N2O3S. The summed E-state index contributed by atoms with van der Waals surface area (Å²) in [4.78, 5) is 13.8. The minimum Gasteiger partial charge on any atom is -0.311 e. The van der Waals surface area contributed by atoms with Crippen molar-refractivity contribution in [2.75, 3.05) is 25.0 Å². The molecule has 0 N–H and O–H groups in total. The van der Waals surface area contributed by atoms with Gasteiger partial charge >= 0.3 is 0 Å². The van der Waals surface area contributed by atoms with Gasteiger partial charge in [0.05, 0.1) is 15.5 Å². The maximum absolute atomic E-state index is 13.4. The summed E-state index contributed by atoms with van der Waals surface area (Å²) in [7, 11) is -2.42. The van der Waals surface area contributed by atoms with Gasteiger partial charge in [0.25, 0.3) is 5.91 Å². The lowest BCUT2D eigenvalue weighted by atomic mass is 10.2. The van der Waals surface area contributed by atoms with Crippen LogP contribution >= 0.6 is 11.6 Å². The Morgan fingerprint density at radius 2 is 1.67 bits per heavy atom. The summed E-state index contributed by atoms with van der Waals surface area (Å²) in [5.41, 5.74) is 0.0455. The second-order valence-electron chi connectivity index (χ2n) is 5.69. The smallest absolute Gasteiger partial charge is 0.259 e. The molecule has 0 spiro atoms. The first-order valence-corrected chi connectivity index (χ1v) is 9.98. The third-order valence-corrected chi connectivity index (χ3v) is 6.48. The van der Waals surface area contributed by atoms with Crippen LogP contribution in [0, 0.1) is 11.6 Å². The molecule has 2 aromatic rings. The number of halogens is 3. The van der Waals surface area contributed by atoms with Gasteiger partial charge in [-0.25, -0.2) is 17.2 Å². The highest BCUT2D eigenvalue weighted by Gasteiger charge is 2.25. The first-order chi connectivity index (χ1) is 12.6. The van der Waals surface area contributed by atoms with Gasteiger partial charge in [0, 0.05) is 31.9 Å². The van der Waals surface area contributed by atoms with Crippen LogP contribution < -0.4 is 4.90 Å².